The minimum absolute atomic E-state index is 0.211. The first-order valence-electron chi connectivity index (χ1n) is 5.93. The van der Waals surface area contributed by atoms with Crippen LogP contribution in [-0.4, -0.2) is 12.1 Å². The zero-order chi connectivity index (χ0) is 10.9. The average Bonchev–Trinajstić information content (AvgIpc) is 2.55. The molecule has 1 heterocycles. The van der Waals surface area contributed by atoms with E-state index in [9.17, 15) is 0 Å². The van der Waals surface area contributed by atoms with Gasteiger partial charge in [0.2, 0.25) is 0 Å². The van der Waals surface area contributed by atoms with Gasteiger partial charge in [0.25, 0.3) is 0 Å². The fourth-order valence-corrected chi connectivity index (χ4v) is 3.16. The van der Waals surface area contributed by atoms with Crippen LogP contribution in [0.25, 0.3) is 0 Å². The Labute approximate surface area is 92.9 Å². The Kier molecular flexibility index (Phi) is 2.59. The average molecular weight is 203 g/mol. The summed E-state index contributed by atoms with van der Waals surface area (Å²) in [4.78, 5) is 0. The third-order valence-corrected chi connectivity index (χ3v) is 4.25. The van der Waals surface area contributed by atoms with Gasteiger partial charge in [0.1, 0.15) is 0 Å². The molecule has 0 bridgehead atoms. The highest BCUT2D eigenvalue weighted by Crippen LogP contribution is 2.44. The van der Waals surface area contributed by atoms with Crippen molar-refractivity contribution >= 4 is 0 Å². The van der Waals surface area contributed by atoms with E-state index in [1.165, 1.54) is 18.4 Å². The molecule has 0 aromatic heterocycles. The first kappa shape index (κ1) is 10.7. The molecule has 1 N–H and O–H groups in total. The second-order valence-corrected chi connectivity index (χ2v) is 5.10. The fraction of sp³-hybridized carbons (Fsp3) is 0.571. The van der Waals surface area contributed by atoms with Crippen LogP contribution in [0.15, 0.2) is 30.3 Å². The van der Waals surface area contributed by atoms with Crippen molar-refractivity contribution in [3.8, 4) is 0 Å². The van der Waals surface area contributed by atoms with Gasteiger partial charge < -0.3 is 5.32 Å². The van der Waals surface area contributed by atoms with Gasteiger partial charge in [-0.3, -0.25) is 0 Å². The number of rotatable bonds is 2. The van der Waals surface area contributed by atoms with E-state index in [1.54, 1.807) is 0 Å². The largest absolute Gasteiger partial charge is 0.311 e. The van der Waals surface area contributed by atoms with Gasteiger partial charge in [0.05, 0.1) is 0 Å². The highest BCUT2D eigenvalue weighted by Gasteiger charge is 2.48. The van der Waals surface area contributed by atoms with Crippen LogP contribution in [-0.2, 0) is 5.41 Å². The standard InChI is InChI=1S/C14H21N/c1-4-14(10-11-15-13(14,2)3)12-8-6-5-7-9-12/h5-9,15H,4,10-11H2,1-3H3. The van der Waals surface area contributed by atoms with Crippen LogP contribution in [0, 0.1) is 0 Å². The summed E-state index contributed by atoms with van der Waals surface area (Å²) in [6.07, 6.45) is 2.46. The Bertz CT molecular complexity index is 328. The molecule has 1 aliphatic heterocycles. The summed E-state index contributed by atoms with van der Waals surface area (Å²) >= 11 is 0. The van der Waals surface area contributed by atoms with Crippen LogP contribution >= 0.6 is 0 Å². The maximum absolute atomic E-state index is 3.64. The van der Waals surface area contributed by atoms with Crippen molar-refractivity contribution in [2.24, 2.45) is 0 Å². The lowest BCUT2D eigenvalue weighted by atomic mass is 9.66. The van der Waals surface area contributed by atoms with E-state index in [1.807, 2.05) is 0 Å². The van der Waals surface area contributed by atoms with Gasteiger partial charge in [-0.1, -0.05) is 37.3 Å². The van der Waals surface area contributed by atoms with Crippen molar-refractivity contribution in [1.82, 2.24) is 5.32 Å². The summed E-state index contributed by atoms with van der Waals surface area (Å²) in [6, 6.07) is 11.0. The summed E-state index contributed by atoms with van der Waals surface area (Å²) in [5, 5.41) is 3.64. The summed E-state index contributed by atoms with van der Waals surface area (Å²) in [6.45, 7) is 8.10. The van der Waals surface area contributed by atoms with E-state index in [-0.39, 0.29) is 5.54 Å². The molecular weight excluding hydrogens is 182 g/mol. The van der Waals surface area contributed by atoms with Crippen LogP contribution in [0.1, 0.15) is 39.2 Å². The minimum atomic E-state index is 0.211. The second kappa shape index (κ2) is 3.64. The number of hydrogen-bond donors (Lipinski definition) is 1. The third-order valence-electron chi connectivity index (χ3n) is 4.25. The molecule has 1 aromatic rings. The highest BCUT2D eigenvalue weighted by atomic mass is 15.0. The first-order valence-corrected chi connectivity index (χ1v) is 5.93. The minimum Gasteiger partial charge on any atom is -0.311 e. The molecule has 1 saturated heterocycles. The smallest absolute Gasteiger partial charge is 0.0222 e. The SMILES string of the molecule is CCC1(c2ccccc2)CCNC1(C)C. The zero-order valence-electron chi connectivity index (χ0n) is 10.0. The van der Waals surface area contributed by atoms with Crippen molar-refractivity contribution in [1.29, 1.82) is 0 Å². The molecule has 0 amide bonds. The molecule has 1 nitrogen and oxygen atoms in total. The van der Waals surface area contributed by atoms with E-state index in [4.69, 9.17) is 0 Å². The maximum atomic E-state index is 3.64. The molecule has 0 radical (unpaired) electrons. The van der Waals surface area contributed by atoms with Gasteiger partial charge in [0.15, 0.2) is 0 Å². The van der Waals surface area contributed by atoms with E-state index >= 15 is 0 Å². The predicted octanol–water partition coefficient (Wildman–Crippen LogP) is 3.11. The maximum Gasteiger partial charge on any atom is 0.0222 e. The summed E-state index contributed by atoms with van der Waals surface area (Å²) in [5.74, 6) is 0. The van der Waals surface area contributed by atoms with Crippen LogP contribution in [0.4, 0.5) is 0 Å². The Morgan fingerprint density at radius 2 is 1.87 bits per heavy atom. The molecule has 1 aliphatic rings. The molecule has 1 aromatic carbocycles. The van der Waals surface area contributed by atoms with E-state index in [2.05, 4.69) is 56.4 Å². The highest BCUT2D eigenvalue weighted by molar-refractivity contribution is 5.32. The van der Waals surface area contributed by atoms with Gasteiger partial charge >= 0.3 is 0 Å². The molecule has 0 saturated carbocycles. The molecule has 2 rings (SSSR count). The molecule has 82 valence electrons. The molecule has 1 fully saturated rings. The van der Waals surface area contributed by atoms with Crippen molar-refractivity contribution < 1.29 is 0 Å². The Morgan fingerprint density at radius 1 is 1.20 bits per heavy atom. The van der Waals surface area contributed by atoms with Crippen LogP contribution in [0.3, 0.4) is 0 Å². The molecule has 0 spiro atoms. The molecule has 15 heavy (non-hydrogen) atoms. The fourth-order valence-electron chi connectivity index (χ4n) is 3.16. The number of benzene rings is 1. The summed E-state index contributed by atoms with van der Waals surface area (Å²) < 4.78 is 0. The summed E-state index contributed by atoms with van der Waals surface area (Å²) in [7, 11) is 0. The molecule has 0 aliphatic carbocycles. The van der Waals surface area contributed by atoms with Crippen LogP contribution in [0.2, 0.25) is 0 Å². The van der Waals surface area contributed by atoms with Gasteiger partial charge in [0, 0.05) is 11.0 Å². The Hall–Kier alpha value is -0.820. The Balaban J connectivity index is 2.46. The van der Waals surface area contributed by atoms with Crippen molar-refractivity contribution in [2.45, 2.75) is 44.6 Å². The van der Waals surface area contributed by atoms with Gasteiger partial charge in [-0.05, 0) is 38.8 Å². The van der Waals surface area contributed by atoms with Gasteiger partial charge in [-0.15, -0.1) is 0 Å². The van der Waals surface area contributed by atoms with Crippen molar-refractivity contribution in [3.63, 3.8) is 0 Å². The van der Waals surface area contributed by atoms with Gasteiger partial charge in [-0.25, -0.2) is 0 Å². The quantitative estimate of drug-likeness (QED) is 0.778. The first-order chi connectivity index (χ1) is 7.12. The second-order valence-electron chi connectivity index (χ2n) is 5.10. The Morgan fingerprint density at radius 3 is 2.33 bits per heavy atom. The molecular formula is C14H21N. The van der Waals surface area contributed by atoms with E-state index in [0.717, 1.165) is 6.54 Å². The summed E-state index contributed by atoms with van der Waals surface area (Å²) in [5.41, 5.74) is 2.01. The van der Waals surface area contributed by atoms with Gasteiger partial charge in [-0.2, -0.15) is 0 Å². The predicted molar refractivity (Wildman–Crippen MR) is 65.1 cm³/mol. The number of hydrogen-bond acceptors (Lipinski definition) is 1. The molecule has 1 heteroatoms. The topological polar surface area (TPSA) is 12.0 Å². The monoisotopic (exact) mass is 203 g/mol. The van der Waals surface area contributed by atoms with E-state index in [0.29, 0.717) is 5.41 Å². The molecule has 1 atom stereocenters. The molecule has 1 unspecified atom stereocenters. The lowest BCUT2D eigenvalue weighted by Gasteiger charge is -2.41. The lowest BCUT2D eigenvalue weighted by Crippen LogP contribution is -2.49. The van der Waals surface area contributed by atoms with E-state index < -0.39 is 0 Å². The van der Waals surface area contributed by atoms with Crippen LogP contribution in [0.5, 0.6) is 0 Å². The lowest BCUT2D eigenvalue weighted by molar-refractivity contribution is 0.263. The van der Waals surface area contributed by atoms with Crippen LogP contribution < -0.4 is 5.32 Å². The third kappa shape index (κ3) is 1.50. The normalized spacial score (nSPS) is 29.3. The van der Waals surface area contributed by atoms with Crippen molar-refractivity contribution in [2.75, 3.05) is 6.54 Å². The number of nitrogens with one attached hydrogen (secondary N) is 1. The van der Waals surface area contributed by atoms with Crippen molar-refractivity contribution in [3.05, 3.63) is 35.9 Å². The zero-order valence-corrected chi connectivity index (χ0v) is 10.0.